The minimum Gasteiger partial charge on any atom is -0.451 e. The first kappa shape index (κ1) is 19.6. The first-order valence-electron chi connectivity index (χ1n) is 7.87. The van der Waals surface area contributed by atoms with Gasteiger partial charge in [-0.15, -0.1) is 11.8 Å². The van der Waals surface area contributed by atoms with Gasteiger partial charge in [-0.1, -0.05) is 12.1 Å². The van der Waals surface area contributed by atoms with Crippen LogP contribution in [0.1, 0.15) is 10.5 Å². The summed E-state index contributed by atoms with van der Waals surface area (Å²) in [5.41, 5.74) is 1.05. The Morgan fingerprint density at radius 3 is 2.58 bits per heavy atom. The zero-order valence-electron chi connectivity index (χ0n) is 14.9. The van der Waals surface area contributed by atoms with E-state index in [1.54, 1.807) is 36.0 Å². The Kier molecular flexibility index (Phi) is 6.85. The molecular formula is C18H21N3O4S. The van der Waals surface area contributed by atoms with Crippen molar-refractivity contribution in [2.75, 3.05) is 31.8 Å². The van der Waals surface area contributed by atoms with Gasteiger partial charge in [0.25, 0.3) is 5.91 Å². The van der Waals surface area contributed by atoms with E-state index in [4.69, 9.17) is 4.74 Å². The molecule has 2 amide bonds. The first-order valence-corrected chi connectivity index (χ1v) is 9.10. The number of amides is 2. The lowest BCUT2D eigenvalue weighted by Gasteiger charge is -2.17. The largest absolute Gasteiger partial charge is 0.451 e. The number of likely N-dealkylation sites (N-methyl/N-ethyl adjacent to an activating group) is 1. The van der Waals surface area contributed by atoms with Crippen molar-refractivity contribution in [1.29, 1.82) is 0 Å². The molecule has 8 heteroatoms. The second-order valence-corrected chi connectivity index (χ2v) is 6.43. The maximum Gasteiger partial charge on any atom is 0.355 e. The molecule has 26 heavy (non-hydrogen) atoms. The van der Waals surface area contributed by atoms with Crippen LogP contribution in [0, 0.1) is 0 Å². The summed E-state index contributed by atoms with van der Waals surface area (Å²) in [6.45, 7) is -0.557. The molecular weight excluding hydrogens is 354 g/mol. The molecule has 0 aliphatic rings. The number of rotatable bonds is 7. The van der Waals surface area contributed by atoms with Crippen LogP contribution in [0.4, 0.5) is 5.69 Å². The number of carbonyl (C=O) groups is 3. The first-order chi connectivity index (χ1) is 12.4. The van der Waals surface area contributed by atoms with Crippen LogP contribution in [0.3, 0.4) is 0 Å². The molecule has 0 unspecified atom stereocenters. The molecule has 2 aromatic rings. The van der Waals surface area contributed by atoms with E-state index in [-0.39, 0.29) is 12.5 Å². The Hall–Kier alpha value is -2.74. The van der Waals surface area contributed by atoms with Crippen molar-refractivity contribution in [2.24, 2.45) is 7.05 Å². The highest BCUT2D eigenvalue weighted by molar-refractivity contribution is 7.98. The van der Waals surface area contributed by atoms with Gasteiger partial charge in [0.15, 0.2) is 6.61 Å². The number of thioether (sulfide) groups is 1. The molecule has 1 aromatic heterocycles. The van der Waals surface area contributed by atoms with E-state index in [1.165, 1.54) is 23.7 Å². The lowest BCUT2D eigenvalue weighted by Crippen LogP contribution is -2.37. The Balaban J connectivity index is 1.83. The van der Waals surface area contributed by atoms with Gasteiger partial charge < -0.3 is 19.5 Å². The number of nitrogens with zero attached hydrogens (tertiary/aromatic N) is 2. The number of hydrogen-bond acceptors (Lipinski definition) is 5. The van der Waals surface area contributed by atoms with Crippen molar-refractivity contribution < 1.29 is 19.1 Å². The Morgan fingerprint density at radius 1 is 1.19 bits per heavy atom. The predicted octanol–water partition coefficient (Wildman–Crippen LogP) is 2.00. The van der Waals surface area contributed by atoms with E-state index in [9.17, 15) is 14.4 Å². The Bertz CT molecular complexity index is 803. The molecule has 7 nitrogen and oxygen atoms in total. The van der Waals surface area contributed by atoms with Crippen LogP contribution in [-0.2, 0) is 21.4 Å². The number of hydrogen-bond donors (Lipinski definition) is 1. The smallest absolute Gasteiger partial charge is 0.355 e. The standard InChI is InChI=1S/C18H21N3O4S/c1-20-10-6-8-14(20)18(24)25-12-17(23)21(2)11-16(22)19-13-7-4-5-9-15(13)26-3/h4-10H,11-12H2,1-3H3,(H,19,22). The molecule has 1 N–H and O–H groups in total. The van der Waals surface area contributed by atoms with Crippen molar-refractivity contribution in [3.8, 4) is 0 Å². The van der Waals surface area contributed by atoms with Crippen LogP contribution < -0.4 is 5.32 Å². The second kappa shape index (κ2) is 9.10. The fourth-order valence-corrected chi connectivity index (χ4v) is 2.78. The lowest BCUT2D eigenvalue weighted by atomic mass is 10.3. The van der Waals surface area contributed by atoms with Crippen molar-refractivity contribution in [1.82, 2.24) is 9.47 Å². The minimum absolute atomic E-state index is 0.136. The van der Waals surface area contributed by atoms with E-state index < -0.39 is 18.5 Å². The monoisotopic (exact) mass is 375 g/mol. The zero-order valence-corrected chi connectivity index (χ0v) is 15.7. The molecule has 0 atom stereocenters. The van der Waals surface area contributed by atoms with Gasteiger partial charge in [-0.2, -0.15) is 0 Å². The predicted molar refractivity (Wildman–Crippen MR) is 100 cm³/mol. The summed E-state index contributed by atoms with van der Waals surface area (Å²) in [5.74, 6) is -1.37. The molecule has 138 valence electrons. The number of benzene rings is 1. The van der Waals surface area contributed by atoms with Crippen molar-refractivity contribution in [3.05, 3.63) is 48.3 Å². The maximum atomic E-state index is 12.1. The van der Waals surface area contributed by atoms with Gasteiger partial charge in [-0.3, -0.25) is 9.59 Å². The van der Waals surface area contributed by atoms with Crippen LogP contribution in [0.15, 0.2) is 47.5 Å². The fraction of sp³-hybridized carbons (Fsp3) is 0.278. The molecule has 0 aliphatic carbocycles. The number of ether oxygens (including phenoxy) is 1. The average Bonchev–Trinajstić information content (AvgIpc) is 3.05. The Labute approximate surface area is 156 Å². The highest BCUT2D eigenvalue weighted by Crippen LogP contribution is 2.24. The van der Waals surface area contributed by atoms with Crippen molar-refractivity contribution in [3.63, 3.8) is 0 Å². The van der Waals surface area contributed by atoms with Gasteiger partial charge in [0.05, 0.1) is 12.2 Å². The molecule has 1 aromatic carbocycles. The number of para-hydroxylation sites is 1. The van der Waals surface area contributed by atoms with E-state index in [0.29, 0.717) is 11.4 Å². The van der Waals surface area contributed by atoms with Gasteiger partial charge in [0.1, 0.15) is 5.69 Å². The third-order valence-corrected chi connectivity index (χ3v) is 4.46. The summed E-state index contributed by atoms with van der Waals surface area (Å²) in [4.78, 5) is 38.3. The number of aryl methyl sites for hydroxylation is 1. The highest BCUT2D eigenvalue weighted by Gasteiger charge is 2.17. The fourth-order valence-electron chi connectivity index (χ4n) is 2.23. The lowest BCUT2D eigenvalue weighted by molar-refractivity contribution is -0.136. The second-order valence-electron chi connectivity index (χ2n) is 5.58. The SMILES string of the molecule is CSc1ccccc1NC(=O)CN(C)C(=O)COC(=O)c1cccn1C. The summed E-state index contributed by atoms with van der Waals surface area (Å²) >= 11 is 1.52. The van der Waals surface area contributed by atoms with E-state index in [2.05, 4.69) is 5.32 Å². The summed E-state index contributed by atoms with van der Waals surface area (Å²) in [7, 11) is 3.19. The summed E-state index contributed by atoms with van der Waals surface area (Å²) in [5, 5.41) is 2.78. The van der Waals surface area contributed by atoms with E-state index >= 15 is 0 Å². The van der Waals surface area contributed by atoms with Gasteiger partial charge in [-0.05, 0) is 30.5 Å². The molecule has 0 saturated heterocycles. The number of nitrogens with one attached hydrogen (secondary N) is 1. The third kappa shape index (κ3) is 5.13. The molecule has 1 heterocycles. The number of anilines is 1. The van der Waals surface area contributed by atoms with E-state index in [0.717, 1.165) is 4.90 Å². The van der Waals surface area contributed by atoms with Gasteiger partial charge >= 0.3 is 5.97 Å². The molecule has 0 fully saturated rings. The van der Waals surface area contributed by atoms with Gasteiger partial charge in [0.2, 0.25) is 5.91 Å². The molecule has 0 spiro atoms. The number of esters is 1. The van der Waals surface area contributed by atoms with Crippen LogP contribution in [0.25, 0.3) is 0 Å². The Morgan fingerprint density at radius 2 is 1.92 bits per heavy atom. The van der Waals surface area contributed by atoms with Gasteiger partial charge in [0, 0.05) is 25.2 Å². The van der Waals surface area contributed by atoms with Crippen molar-refractivity contribution in [2.45, 2.75) is 4.90 Å². The van der Waals surface area contributed by atoms with Crippen molar-refractivity contribution >= 4 is 35.2 Å². The quantitative estimate of drug-likeness (QED) is 0.591. The zero-order chi connectivity index (χ0) is 19.1. The molecule has 2 rings (SSSR count). The third-order valence-electron chi connectivity index (χ3n) is 3.67. The molecule has 0 bridgehead atoms. The summed E-state index contributed by atoms with van der Waals surface area (Å²) in [6.07, 6.45) is 3.63. The normalized spacial score (nSPS) is 10.3. The topological polar surface area (TPSA) is 80.6 Å². The average molecular weight is 375 g/mol. The van der Waals surface area contributed by atoms with Crippen LogP contribution in [0.5, 0.6) is 0 Å². The van der Waals surface area contributed by atoms with Crippen LogP contribution >= 0.6 is 11.8 Å². The molecule has 0 saturated carbocycles. The highest BCUT2D eigenvalue weighted by atomic mass is 32.2. The molecule has 0 radical (unpaired) electrons. The van der Waals surface area contributed by atoms with Gasteiger partial charge in [-0.25, -0.2) is 4.79 Å². The maximum absolute atomic E-state index is 12.1. The van der Waals surface area contributed by atoms with Crippen LogP contribution in [0.2, 0.25) is 0 Å². The summed E-state index contributed by atoms with van der Waals surface area (Å²) in [6, 6.07) is 10.7. The van der Waals surface area contributed by atoms with Crippen LogP contribution in [-0.4, -0.2) is 53.7 Å². The minimum atomic E-state index is -0.586. The number of aromatic nitrogens is 1. The molecule has 0 aliphatic heterocycles. The van der Waals surface area contributed by atoms with E-state index in [1.807, 2.05) is 24.5 Å². The summed E-state index contributed by atoms with van der Waals surface area (Å²) < 4.78 is 6.60. The number of carbonyl (C=O) groups excluding carboxylic acids is 3.